The highest BCUT2D eigenvalue weighted by Gasteiger charge is 2.28. The number of aromatic amines is 1. The minimum atomic E-state index is 0.0462. The Kier molecular flexibility index (Phi) is 6.34. The zero-order chi connectivity index (χ0) is 24.8. The summed E-state index contributed by atoms with van der Waals surface area (Å²) in [4.78, 5) is 12.3. The average molecular weight is 558 g/mol. The standard InChI is InChI=1S/C27H20Cl4N4O/c28-16-4-5-20(29)15(8-16)13-36-26-9-18-19(10-33-23(18)11-34-26)25-12-32-14-35(25)24-3-1-2-17-21(30)6-7-22(31)27(17)24/h4-12,14,24,33H,1-3,13H2. The molecule has 1 aliphatic rings. The zero-order valence-corrected chi connectivity index (χ0v) is 22.0. The summed E-state index contributed by atoms with van der Waals surface area (Å²) in [5.41, 5.74) is 5.88. The van der Waals surface area contributed by atoms with Crippen LogP contribution in [0.5, 0.6) is 5.88 Å². The molecule has 9 heteroatoms. The molecule has 1 atom stereocenters. The minimum Gasteiger partial charge on any atom is -0.473 e. The topological polar surface area (TPSA) is 55.7 Å². The molecule has 0 saturated carbocycles. The largest absolute Gasteiger partial charge is 0.473 e. The molecule has 3 aromatic heterocycles. The van der Waals surface area contributed by atoms with Crippen LogP contribution in [0.3, 0.4) is 0 Å². The molecule has 0 amide bonds. The molecule has 0 bridgehead atoms. The van der Waals surface area contributed by atoms with Gasteiger partial charge in [0.2, 0.25) is 5.88 Å². The summed E-state index contributed by atoms with van der Waals surface area (Å²) in [6, 6.07) is 11.0. The molecule has 0 aliphatic heterocycles. The molecule has 1 unspecified atom stereocenters. The number of aromatic nitrogens is 4. The van der Waals surface area contributed by atoms with Crippen LogP contribution in [0, 0.1) is 0 Å². The number of pyridine rings is 1. The van der Waals surface area contributed by atoms with Crippen LogP contribution in [-0.2, 0) is 13.0 Å². The van der Waals surface area contributed by atoms with Gasteiger partial charge in [0.05, 0.1) is 36.0 Å². The first-order chi connectivity index (χ1) is 17.5. The maximum atomic E-state index is 6.68. The number of fused-ring (bicyclic) bond motifs is 2. The van der Waals surface area contributed by atoms with Crippen LogP contribution < -0.4 is 4.74 Å². The third-order valence-corrected chi connectivity index (χ3v) is 7.97. The van der Waals surface area contributed by atoms with Gasteiger partial charge in [0.25, 0.3) is 0 Å². The molecule has 6 rings (SSSR count). The van der Waals surface area contributed by atoms with Gasteiger partial charge in [-0.25, -0.2) is 9.97 Å². The molecule has 0 radical (unpaired) electrons. The Bertz CT molecular complexity index is 1590. The molecular weight excluding hydrogens is 538 g/mol. The molecule has 182 valence electrons. The van der Waals surface area contributed by atoms with Crippen LogP contribution in [0.15, 0.2) is 61.3 Å². The first-order valence-electron chi connectivity index (χ1n) is 11.5. The fourth-order valence-electron chi connectivity index (χ4n) is 4.98. The highest BCUT2D eigenvalue weighted by atomic mass is 35.5. The van der Waals surface area contributed by atoms with Crippen molar-refractivity contribution >= 4 is 57.3 Å². The first kappa shape index (κ1) is 23.7. The fraction of sp³-hybridized carbons (Fsp3) is 0.185. The maximum Gasteiger partial charge on any atom is 0.214 e. The number of H-pyrrole nitrogens is 1. The van der Waals surface area contributed by atoms with Crippen LogP contribution in [0.4, 0.5) is 0 Å². The summed E-state index contributed by atoms with van der Waals surface area (Å²) >= 11 is 25.6. The van der Waals surface area contributed by atoms with E-state index < -0.39 is 0 Å². The highest BCUT2D eigenvalue weighted by molar-refractivity contribution is 6.34. The fourth-order valence-corrected chi connectivity index (χ4v) is 5.91. The summed E-state index contributed by atoms with van der Waals surface area (Å²) in [5, 5.41) is 3.68. The van der Waals surface area contributed by atoms with Crippen molar-refractivity contribution in [2.24, 2.45) is 0 Å². The Morgan fingerprint density at radius 1 is 1.00 bits per heavy atom. The van der Waals surface area contributed by atoms with Gasteiger partial charge in [-0.15, -0.1) is 0 Å². The number of nitrogens with zero attached hydrogens (tertiary/aromatic N) is 3. The van der Waals surface area contributed by atoms with Crippen molar-refractivity contribution in [3.05, 3.63) is 98.1 Å². The van der Waals surface area contributed by atoms with Crippen molar-refractivity contribution in [2.75, 3.05) is 0 Å². The summed E-state index contributed by atoms with van der Waals surface area (Å²) in [6.45, 7) is 0.258. The van der Waals surface area contributed by atoms with Crippen LogP contribution in [0.25, 0.3) is 22.2 Å². The van der Waals surface area contributed by atoms with Crippen molar-refractivity contribution in [2.45, 2.75) is 31.9 Å². The number of hydrogen-bond acceptors (Lipinski definition) is 3. The third-order valence-electron chi connectivity index (χ3n) is 6.69. The van der Waals surface area contributed by atoms with Crippen molar-refractivity contribution < 1.29 is 4.74 Å². The quantitative estimate of drug-likeness (QED) is 0.235. The lowest BCUT2D eigenvalue weighted by Crippen LogP contribution is -2.18. The lowest BCUT2D eigenvalue weighted by atomic mass is 9.87. The normalized spacial score (nSPS) is 15.3. The van der Waals surface area contributed by atoms with Crippen molar-refractivity contribution in [3.8, 4) is 17.1 Å². The Morgan fingerprint density at radius 2 is 1.83 bits per heavy atom. The predicted molar refractivity (Wildman–Crippen MR) is 146 cm³/mol. The Morgan fingerprint density at radius 3 is 2.72 bits per heavy atom. The second-order valence-electron chi connectivity index (χ2n) is 8.81. The predicted octanol–water partition coefficient (Wildman–Crippen LogP) is 8.54. The number of ether oxygens (including phenoxy) is 1. The summed E-state index contributed by atoms with van der Waals surface area (Å²) in [6.07, 6.45) is 10.4. The lowest BCUT2D eigenvalue weighted by molar-refractivity contribution is 0.294. The summed E-state index contributed by atoms with van der Waals surface area (Å²) < 4.78 is 8.17. The van der Waals surface area contributed by atoms with E-state index in [2.05, 4.69) is 19.5 Å². The van der Waals surface area contributed by atoms with E-state index >= 15 is 0 Å². The van der Waals surface area contributed by atoms with Crippen molar-refractivity contribution in [3.63, 3.8) is 0 Å². The van der Waals surface area contributed by atoms with Gasteiger partial charge in [-0.3, -0.25) is 0 Å². The lowest BCUT2D eigenvalue weighted by Gasteiger charge is -2.29. The van der Waals surface area contributed by atoms with E-state index in [0.717, 1.165) is 68.2 Å². The summed E-state index contributed by atoms with van der Waals surface area (Å²) in [7, 11) is 0. The Hall–Kier alpha value is -2.70. The second-order valence-corrected chi connectivity index (χ2v) is 10.5. The average Bonchev–Trinajstić information content (AvgIpc) is 3.53. The SMILES string of the molecule is Clc1ccc(Cl)c(COc2cc3c(-c4cncn4C4CCCc5c(Cl)ccc(Cl)c54)c[nH]c3cn2)c1. The van der Waals surface area contributed by atoms with Crippen LogP contribution >= 0.6 is 46.4 Å². The van der Waals surface area contributed by atoms with E-state index in [1.165, 1.54) is 0 Å². The number of nitrogens with one attached hydrogen (secondary N) is 1. The van der Waals surface area contributed by atoms with E-state index in [1.54, 1.807) is 24.4 Å². The van der Waals surface area contributed by atoms with Crippen molar-refractivity contribution in [1.29, 1.82) is 0 Å². The monoisotopic (exact) mass is 556 g/mol. The molecule has 0 saturated heterocycles. The molecule has 5 nitrogen and oxygen atoms in total. The molecule has 1 aliphatic carbocycles. The van der Waals surface area contributed by atoms with Gasteiger partial charge in [-0.2, -0.15) is 0 Å². The van der Waals surface area contributed by atoms with E-state index in [9.17, 15) is 0 Å². The van der Waals surface area contributed by atoms with E-state index in [0.29, 0.717) is 15.9 Å². The number of rotatable bonds is 5. The van der Waals surface area contributed by atoms with Crippen LogP contribution in [0.2, 0.25) is 20.1 Å². The van der Waals surface area contributed by atoms with E-state index in [-0.39, 0.29) is 12.6 Å². The highest BCUT2D eigenvalue weighted by Crippen LogP contribution is 2.43. The van der Waals surface area contributed by atoms with Gasteiger partial charge >= 0.3 is 0 Å². The third kappa shape index (κ3) is 4.24. The molecule has 0 fully saturated rings. The van der Waals surface area contributed by atoms with Gasteiger partial charge in [0.15, 0.2) is 0 Å². The number of imidazole rings is 1. The first-order valence-corrected chi connectivity index (χ1v) is 13.0. The smallest absolute Gasteiger partial charge is 0.214 e. The molecule has 1 N–H and O–H groups in total. The molecule has 36 heavy (non-hydrogen) atoms. The molecule has 5 aromatic rings. The second kappa shape index (κ2) is 9.64. The van der Waals surface area contributed by atoms with E-state index in [4.69, 9.17) is 51.1 Å². The van der Waals surface area contributed by atoms with Gasteiger partial charge < -0.3 is 14.3 Å². The molecule has 0 spiro atoms. The van der Waals surface area contributed by atoms with Gasteiger partial charge in [0.1, 0.15) is 6.61 Å². The van der Waals surface area contributed by atoms with E-state index in [1.807, 2.05) is 36.9 Å². The minimum absolute atomic E-state index is 0.0462. The Labute approximate surface area is 227 Å². The summed E-state index contributed by atoms with van der Waals surface area (Å²) in [5.74, 6) is 0.489. The molecule has 3 heterocycles. The van der Waals surface area contributed by atoms with Crippen LogP contribution in [-0.4, -0.2) is 19.5 Å². The number of hydrogen-bond donors (Lipinski definition) is 1. The van der Waals surface area contributed by atoms with Gasteiger partial charge in [-0.1, -0.05) is 46.4 Å². The molecular formula is C27H20Cl4N4O. The Balaban J connectivity index is 1.36. The van der Waals surface area contributed by atoms with Gasteiger partial charge in [0, 0.05) is 48.9 Å². The maximum absolute atomic E-state index is 6.68. The van der Waals surface area contributed by atoms with Crippen LogP contribution in [0.1, 0.15) is 35.6 Å². The zero-order valence-electron chi connectivity index (χ0n) is 18.9. The van der Waals surface area contributed by atoms with Gasteiger partial charge in [-0.05, 0) is 60.7 Å². The number of benzene rings is 2. The number of halogens is 4. The van der Waals surface area contributed by atoms with Crippen molar-refractivity contribution in [1.82, 2.24) is 19.5 Å². The molecule has 2 aromatic carbocycles.